The Balaban J connectivity index is 1.25. The average Bonchev–Trinajstić information content (AvgIpc) is 3.60. The van der Waals surface area contributed by atoms with Crippen molar-refractivity contribution in [3.05, 3.63) is 105 Å². The van der Waals surface area contributed by atoms with Crippen LogP contribution in [0.4, 0.5) is 5.00 Å². The third-order valence-electron chi connectivity index (χ3n) is 7.18. The van der Waals surface area contributed by atoms with E-state index in [1.165, 1.54) is 23.1 Å². The summed E-state index contributed by atoms with van der Waals surface area (Å²) in [5.41, 5.74) is 3.10. The minimum Gasteiger partial charge on any atom is -0.348 e. The van der Waals surface area contributed by atoms with E-state index in [1.54, 1.807) is 30.3 Å². The van der Waals surface area contributed by atoms with Crippen molar-refractivity contribution >= 4 is 57.4 Å². The molecule has 0 saturated heterocycles. The van der Waals surface area contributed by atoms with Crippen LogP contribution < -0.4 is 16.0 Å². The zero-order chi connectivity index (χ0) is 31.1. The summed E-state index contributed by atoms with van der Waals surface area (Å²) in [6.07, 6.45) is 5.53. The molecule has 1 atom stereocenters. The maximum atomic E-state index is 13.4. The Bertz CT molecular complexity index is 1650. The first-order chi connectivity index (χ1) is 21.3. The molecule has 0 saturated carbocycles. The zero-order valence-electron chi connectivity index (χ0n) is 24.3. The van der Waals surface area contributed by atoms with Crippen LogP contribution in [-0.4, -0.2) is 38.2 Å². The van der Waals surface area contributed by atoms with E-state index in [-0.39, 0.29) is 23.5 Å². The first-order valence-corrected chi connectivity index (χ1v) is 16.5. The van der Waals surface area contributed by atoms with E-state index in [0.29, 0.717) is 45.2 Å². The third-order valence-corrected chi connectivity index (χ3v) is 9.60. The van der Waals surface area contributed by atoms with E-state index in [1.807, 2.05) is 41.8 Å². The number of thiophene rings is 1. The fourth-order valence-corrected chi connectivity index (χ4v) is 7.21. The maximum absolute atomic E-state index is 13.4. The predicted molar refractivity (Wildman–Crippen MR) is 175 cm³/mol. The van der Waals surface area contributed by atoms with Crippen LogP contribution in [0.25, 0.3) is 0 Å². The van der Waals surface area contributed by atoms with E-state index in [9.17, 15) is 14.4 Å². The molecular formula is C32H33ClN6O3S2. The van der Waals surface area contributed by atoms with Gasteiger partial charge in [-0.1, -0.05) is 59.8 Å². The molecule has 1 aliphatic carbocycles. The normalized spacial score (nSPS) is 13.0. The van der Waals surface area contributed by atoms with Gasteiger partial charge in [-0.15, -0.1) is 28.1 Å². The molecule has 3 amide bonds. The number of aryl methyl sites for hydroxylation is 1. The molecule has 12 heteroatoms. The predicted octanol–water partition coefficient (Wildman–Crippen LogP) is 6.21. The highest BCUT2D eigenvalue weighted by atomic mass is 35.5. The molecule has 2 heterocycles. The molecule has 2 aromatic carbocycles. The quantitative estimate of drug-likeness (QED) is 0.124. The number of fused-ring (bicyclic) bond motifs is 1. The Labute approximate surface area is 269 Å². The smallest absolute Gasteiger partial charge is 0.254 e. The molecule has 1 aliphatic rings. The van der Waals surface area contributed by atoms with Gasteiger partial charge in [0, 0.05) is 28.6 Å². The Morgan fingerprint density at radius 3 is 2.57 bits per heavy atom. The number of halogens is 1. The number of hydrogen-bond acceptors (Lipinski definition) is 7. The van der Waals surface area contributed by atoms with E-state index < -0.39 is 6.04 Å². The summed E-state index contributed by atoms with van der Waals surface area (Å²) in [5.74, 6) is -0.0867. The lowest BCUT2D eigenvalue weighted by Crippen LogP contribution is -2.28. The second kappa shape index (κ2) is 14.7. The van der Waals surface area contributed by atoms with Crippen LogP contribution in [0.5, 0.6) is 0 Å². The van der Waals surface area contributed by atoms with Crippen molar-refractivity contribution in [1.82, 2.24) is 25.4 Å². The summed E-state index contributed by atoms with van der Waals surface area (Å²) in [6, 6.07) is 15.9. The van der Waals surface area contributed by atoms with Crippen LogP contribution in [0.15, 0.2) is 72.4 Å². The first-order valence-electron chi connectivity index (χ1n) is 14.3. The number of nitrogens with zero attached hydrogens (tertiary/aromatic N) is 3. The number of allylic oxidation sites excluding steroid dienone is 1. The second-order valence-electron chi connectivity index (χ2n) is 10.4. The number of carbonyl (C=O) groups is 3. The van der Waals surface area contributed by atoms with Crippen molar-refractivity contribution in [3.63, 3.8) is 0 Å². The summed E-state index contributed by atoms with van der Waals surface area (Å²) in [4.78, 5) is 40.5. The SMILES string of the molecule is C=CCn1c(SCC(=O)Nc2sc3c(c2C(=O)NCc2ccccc2)CCCC3)nnc1[C@H](C)NC(=O)c1ccc(Cl)cc1. The van der Waals surface area contributed by atoms with Gasteiger partial charge in [0.25, 0.3) is 11.8 Å². The molecule has 0 radical (unpaired) electrons. The Hall–Kier alpha value is -3.93. The molecule has 0 aliphatic heterocycles. The Morgan fingerprint density at radius 2 is 1.82 bits per heavy atom. The van der Waals surface area contributed by atoms with E-state index in [2.05, 4.69) is 32.7 Å². The lowest BCUT2D eigenvalue weighted by Gasteiger charge is -2.15. The lowest BCUT2D eigenvalue weighted by atomic mass is 9.95. The van der Waals surface area contributed by atoms with Gasteiger partial charge in [-0.3, -0.25) is 14.4 Å². The van der Waals surface area contributed by atoms with Crippen LogP contribution in [0.2, 0.25) is 5.02 Å². The number of hydrogen-bond donors (Lipinski definition) is 3. The first kappa shape index (κ1) is 31.5. The number of anilines is 1. The number of nitrogens with one attached hydrogen (secondary N) is 3. The summed E-state index contributed by atoms with van der Waals surface area (Å²) in [5, 5.41) is 19.2. The van der Waals surface area contributed by atoms with Crippen molar-refractivity contribution in [2.24, 2.45) is 0 Å². The van der Waals surface area contributed by atoms with Gasteiger partial charge in [0.2, 0.25) is 5.91 Å². The molecular weight excluding hydrogens is 616 g/mol. The van der Waals surface area contributed by atoms with Crippen molar-refractivity contribution in [1.29, 1.82) is 0 Å². The molecule has 44 heavy (non-hydrogen) atoms. The van der Waals surface area contributed by atoms with Gasteiger partial charge in [-0.2, -0.15) is 0 Å². The largest absolute Gasteiger partial charge is 0.348 e. The lowest BCUT2D eigenvalue weighted by molar-refractivity contribution is -0.113. The van der Waals surface area contributed by atoms with Gasteiger partial charge >= 0.3 is 0 Å². The van der Waals surface area contributed by atoms with Gasteiger partial charge < -0.3 is 20.5 Å². The molecule has 5 rings (SSSR count). The van der Waals surface area contributed by atoms with Crippen LogP contribution in [0.3, 0.4) is 0 Å². The zero-order valence-corrected chi connectivity index (χ0v) is 26.7. The molecule has 0 spiro atoms. The molecule has 9 nitrogen and oxygen atoms in total. The monoisotopic (exact) mass is 648 g/mol. The maximum Gasteiger partial charge on any atom is 0.254 e. The van der Waals surface area contributed by atoms with Gasteiger partial charge in [0.15, 0.2) is 11.0 Å². The van der Waals surface area contributed by atoms with Crippen LogP contribution in [-0.2, 0) is 30.7 Å². The number of thioether (sulfide) groups is 1. The minimum atomic E-state index is -0.455. The number of carbonyl (C=O) groups excluding carboxylic acids is 3. The summed E-state index contributed by atoms with van der Waals surface area (Å²) < 4.78 is 1.82. The number of amides is 3. The average molecular weight is 649 g/mol. The summed E-state index contributed by atoms with van der Waals surface area (Å²) in [7, 11) is 0. The van der Waals surface area contributed by atoms with Crippen molar-refractivity contribution in [2.75, 3.05) is 11.1 Å². The third kappa shape index (κ3) is 7.58. The minimum absolute atomic E-state index is 0.0639. The summed E-state index contributed by atoms with van der Waals surface area (Å²) >= 11 is 8.66. The number of benzene rings is 2. The van der Waals surface area contributed by atoms with Crippen LogP contribution >= 0.6 is 34.7 Å². The topological polar surface area (TPSA) is 118 Å². The van der Waals surface area contributed by atoms with Crippen molar-refractivity contribution in [3.8, 4) is 0 Å². The molecule has 0 fully saturated rings. The molecule has 4 aromatic rings. The molecule has 2 aromatic heterocycles. The van der Waals surface area contributed by atoms with E-state index in [0.717, 1.165) is 41.7 Å². The van der Waals surface area contributed by atoms with Gasteiger partial charge in [0.05, 0.1) is 17.4 Å². The van der Waals surface area contributed by atoms with Crippen molar-refractivity contribution in [2.45, 2.75) is 56.9 Å². The standard InChI is InChI=1S/C32H33ClN6O3S2/c1-3-17-39-28(20(2)35-29(41)22-13-15-23(33)16-14-22)37-38-32(39)43-19-26(40)36-31-27(24-11-7-8-12-25(24)44-31)30(42)34-18-21-9-5-4-6-10-21/h3-6,9-10,13-16,20H,1,7-8,11-12,17-19H2,2H3,(H,34,42)(H,35,41)(H,36,40)/t20-/m0/s1. The highest BCUT2D eigenvalue weighted by molar-refractivity contribution is 7.99. The van der Waals surface area contributed by atoms with Crippen molar-refractivity contribution < 1.29 is 14.4 Å². The number of aromatic nitrogens is 3. The molecule has 228 valence electrons. The van der Waals surface area contributed by atoms with Gasteiger partial charge in [-0.05, 0) is 68.0 Å². The highest BCUT2D eigenvalue weighted by Gasteiger charge is 2.27. The number of rotatable bonds is 12. The van der Waals surface area contributed by atoms with Crippen LogP contribution in [0, 0.1) is 0 Å². The molecule has 0 unspecified atom stereocenters. The van der Waals surface area contributed by atoms with Gasteiger partial charge in [0.1, 0.15) is 5.00 Å². The molecule has 0 bridgehead atoms. The van der Waals surface area contributed by atoms with E-state index >= 15 is 0 Å². The highest BCUT2D eigenvalue weighted by Crippen LogP contribution is 2.38. The second-order valence-corrected chi connectivity index (χ2v) is 12.8. The Morgan fingerprint density at radius 1 is 1.07 bits per heavy atom. The Kier molecular flexibility index (Phi) is 10.5. The van der Waals surface area contributed by atoms with Crippen LogP contribution in [0.1, 0.15) is 68.4 Å². The molecule has 3 N–H and O–H groups in total. The fourth-order valence-electron chi connectivity index (χ4n) is 5.03. The van der Waals surface area contributed by atoms with Gasteiger partial charge in [-0.25, -0.2) is 0 Å². The fraction of sp³-hybridized carbons (Fsp3) is 0.281. The van der Waals surface area contributed by atoms with E-state index in [4.69, 9.17) is 11.6 Å². The summed E-state index contributed by atoms with van der Waals surface area (Å²) in [6.45, 7) is 6.47.